The molecule has 5 nitrogen and oxygen atoms in total. The molecule has 0 amide bonds. The summed E-state index contributed by atoms with van der Waals surface area (Å²) in [5.41, 5.74) is 6.20. The van der Waals surface area contributed by atoms with Crippen molar-refractivity contribution in [2.75, 3.05) is 5.32 Å². The molecule has 2 aromatic carbocycles. The van der Waals surface area contributed by atoms with Crippen molar-refractivity contribution in [1.82, 2.24) is 4.98 Å². The van der Waals surface area contributed by atoms with Crippen molar-refractivity contribution in [1.29, 1.82) is 5.26 Å². The van der Waals surface area contributed by atoms with Gasteiger partial charge >= 0.3 is 0 Å². The van der Waals surface area contributed by atoms with Crippen molar-refractivity contribution in [3.63, 3.8) is 0 Å². The van der Waals surface area contributed by atoms with Crippen molar-refractivity contribution < 1.29 is 10.2 Å². The minimum Gasteiger partial charge on any atom is -0.390 e. The average Bonchev–Trinajstić information content (AvgIpc) is 3.43. The van der Waals surface area contributed by atoms with Crippen LogP contribution in [0.15, 0.2) is 42.6 Å². The number of nitriles is 1. The van der Waals surface area contributed by atoms with Crippen LogP contribution in [0.4, 0.5) is 5.69 Å². The van der Waals surface area contributed by atoms with Crippen molar-refractivity contribution >= 4 is 16.6 Å². The lowest BCUT2D eigenvalue weighted by Gasteiger charge is -2.46. The molecule has 29 heavy (non-hydrogen) atoms. The smallest absolute Gasteiger partial charge is 0.0994 e. The zero-order valence-electron chi connectivity index (χ0n) is 16.1. The molecule has 1 aromatic heterocycles. The van der Waals surface area contributed by atoms with Crippen LogP contribution in [0, 0.1) is 36.0 Å². The second-order valence-electron chi connectivity index (χ2n) is 8.92. The predicted octanol–water partition coefficient (Wildman–Crippen LogP) is 3.59. The lowest BCUT2D eigenvalue weighted by molar-refractivity contribution is -0.0465. The first-order valence-electron chi connectivity index (χ1n) is 10.3. The third kappa shape index (κ3) is 2.16. The summed E-state index contributed by atoms with van der Waals surface area (Å²) < 4.78 is 0. The van der Waals surface area contributed by atoms with Crippen LogP contribution in [0.1, 0.15) is 40.6 Å². The second-order valence-corrected chi connectivity index (χ2v) is 8.92. The highest BCUT2D eigenvalue weighted by Crippen LogP contribution is 2.64. The minimum atomic E-state index is -0.682. The van der Waals surface area contributed by atoms with Gasteiger partial charge in [0.1, 0.15) is 0 Å². The number of hydrogen-bond donors (Lipinski definition) is 4. The predicted molar refractivity (Wildman–Crippen MR) is 110 cm³/mol. The van der Waals surface area contributed by atoms with E-state index in [1.165, 1.54) is 10.9 Å². The Morgan fingerprint density at radius 3 is 2.72 bits per heavy atom. The topological polar surface area (TPSA) is 92.1 Å². The number of benzene rings is 2. The van der Waals surface area contributed by atoms with Crippen LogP contribution in [0.2, 0.25) is 0 Å². The molecule has 2 heterocycles. The lowest BCUT2D eigenvalue weighted by Crippen LogP contribution is -2.46. The fraction of sp³-hybridized carbons (Fsp3) is 0.375. The normalized spacial score (nSPS) is 34.5. The summed E-state index contributed by atoms with van der Waals surface area (Å²) in [5.74, 6) is 0.475. The number of aliphatic hydroxyl groups excluding tert-OH is 2. The third-order valence-corrected chi connectivity index (χ3v) is 7.69. The van der Waals surface area contributed by atoms with Crippen LogP contribution in [-0.4, -0.2) is 27.4 Å². The zero-order chi connectivity index (χ0) is 19.9. The number of H-pyrrole nitrogens is 1. The van der Waals surface area contributed by atoms with E-state index >= 15 is 0 Å². The van der Waals surface area contributed by atoms with Crippen LogP contribution >= 0.6 is 0 Å². The number of hydrogen-bond acceptors (Lipinski definition) is 4. The summed E-state index contributed by atoms with van der Waals surface area (Å²) in [5, 5.41) is 35.9. The molecular weight excluding hydrogens is 362 g/mol. The van der Waals surface area contributed by atoms with E-state index < -0.39 is 12.2 Å². The maximum Gasteiger partial charge on any atom is 0.0994 e. The van der Waals surface area contributed by atoms with Crippen molar-refractivity contribution in [2.24, 2.45) is 17.8 Å². The van der Waals surface area contributed by atoms with Gasteiger partial charge in [0.15, 0.2) is 0 Å². The standard InChI is InChI=1S/C24H23N3O2/c1-11-2-3-12(8-13(11)10-25)22-21-16-9-15(23(28)24(16)29)20(21)19-14-6-7-26-17(14)4-5-18(19)27-22/h2-8,15-16,20-24,26-29H,9H2,1H3/t15?,16?,20-,21-,22+,23-,24+/m1/s1. The molecule has 2 bridgehead atoms. The SMILES string of the molecule is Cc1ccc([C@@H]2Nc3ccc4[nH]ccc4c3[C@H]3C4CC([C@@H]23)[C@H](O)[C@@H]4O)cc1C#N. The zero-order valence-corrected chi connectivity index (χ0v) is 16.1. The molecule has 2 saturated carbocycles. The number of aromatic nitrogens is 1. The first-order chi connectivity index (χ1) is 14.1. The molecule has 0 spiro atoms. The molecule has 4 N–H and O–H groups in total. The monoisotopic (exact) mass is 385 g/mol. The molecule has 5 heteroatoms. The maximum absolute atomic E-state index is 10.7. The van der Waals surface area contributed by atoms with Gasteiger partial charge in [-0.25, -0.2) is 0 Å². The molecule has 3 aromatic rings. The summed E-state index contributed by atoms with van der Waals surface area (Å²) in [7, 11) is 0. The van der Waals surface area contributed by atoms with E-state index in [9.17, 15) is 15.5 Å². The molecule has 0 saturated heterocycles. The average molecular weight is 385 g/mol. The molecule has 1 aliphatic heterocycles. The van der Waals surface area contributed by atoms with Gasteiger partial charge in [0, 0.05) is 22.8 Å². The Labute approximate surface area is 169 Å². The number of anilines is 1. The fourth-order valence-corrected chi connectivity index (χ4v) is 6.42. The Kier molecular flexibility index (Phi) is 3.45. The van der Waals surface area contributed by atoms with Crippen molar-refractivity contribution in [3.8, 4) is 6.07 Å². The van der Waals surface area contributed by atoms with E-state index in [2.05, 4.69) is 40.6 Å². The van der Waals surface area contributed by atoms with E-state index in [1.54, 1.807) is 0 Å². The number of nitrogens with one attached hydrogen (secondary N) is 2. The summed E-state index contributed by atoms with van der Waals surface area (Å²) in [6.07, 6.45) is 1.45. The summed E-state index contributed by atoms with van der Waals surface area (Å²) in [4.78, 5) is 3.30. The molecule has 3 aliphatic rings. The molecular formula is C24H23N3O2. The molecule has 146 valence electrons. The fourth-order valence-electron chi connectivity index (χ4n) is 6.42. The van der Waals surface area contributed by atoms with Gasteiger partial charge in [-0.2, -0.15) is 5.26 Å². The van der Waals surface area contributed by atoms with Crippen LogP contribution in [0.5, 0.6) is 0 Å². The van der Waals surface area contributed by atoms with Crippen LogP contribution in [-0.2, 0) is 0 Å². The largest absolute Gasteiger partial charge is 0.390 e. The molecule has 2 unspecified atom stereocenters. The van der Waals surface area contributed by atoms with Crippen molar-refractivity contribution in [3.05, 3.63) is 64.8 Å². The lowest BCUT2D eigenvalue weighted by atomic mass is 9.65. The maximum atomic E-state index is 10.7. The van der Waals surface area contributed by atoms with Gasteiger partial charge in [-0.1, -0.05) is 12.1 Å². The van der Waals surface area contributed by atoms with E-state index in [-0.39, 0.29) is 29.7 Å². The number of nitrogens with zero attached hydrogens (tertiary/aromatic N) is 1. The van der Waals surface area contributed by atoms with Gasteiger partial charge in [0.25, 0.3) is 0 Å². The van der Waals surface area contributed by atoms with Gasteiger partial charge in [-0.15, -0.1) is 0 Å². The summed E-state index contributed by atoms with van der Waals surface area (Å²) in [6, 6.07) is 14.7. The highest BCUT2D eigenvalue weighted by Gasteiger charge is 2.61. The van der Waals surface area contributed by atoms with E-state index in [4.69, 9.17) is 0 Å². The van der Waals surface area contributed by atoms with Crippen LogP contribution in [0.3, 0.4) is 0 Å². The number of rotatable bonds is 1. The highest BCUT2D eigenvalue weighted by molar-refractivity contribution is 5.89. The van der Waals surface area contributed by atoms with Gasteiger partial charge in [-0.3, -0.25) is 0 Å². The Morgan fingerprint density at radius 1 is 1.07 bits per heavy atom. The quantitative estimate of drug-likeness (QED) is 0.515. The number of aliphatic hydroxyl groups is 2. The van der Waals surface area contributed by atoms with Crippen LogP contribution in [0.25, 0.3) is 10.9 Å². The number of fused-ring (bicyclic) bond motifs is 9. The molecule has 7 atom stereocenters. The molecule has 6 rings (SSSR count). The first kappa shape index (κ1) is 17.1. The Bertz CT molecular complexity index is 1180. The summed E-state index contributed by atoms with van der Waals surface area (Å²) >= 11 is 0. The van der Waals surface area contributed by atoms with E-state index in [0.717, 1.165) is 28.8 Å². The van der Waals surface area contributed by atoms with Crippen molar-refractivity contribution in [2.45, 2.75) is 37.5 Å². The molecule has 0 radical (unpaired) electrons. The van der Waals surface area contributed by atoms with Gasteiger partial charge in [-0.05, 0) is 78.0 Å². The van der Waals surface area contributed by atoms with Gasteiger partial charge in [0.05, 0.1) is 29.9 Å². The van der Waals surface area contributed by atoms with Crippen LogP contribution < -0.4 is 5.32 Å². The van der Waals surface area contributed by atoms with Gasteiger partial charge in [0.2, 0.25) is 0 Å². The number of aryl methyl sites for hydroxylation is 1. The third-order valence-electron chi connectivity index (χ3n) is 7.69. The Hall–Kier alpha value is -2.81. The molecule has 2 aliphatic carbocycles. The van der Waals surface area contributed by atoms with E-state index in [0.29, 0.717) is 5.56 Å². The van der Waals surface area contributed by atoms with E-state index in [1.807, 2.05) is 25.3 Å². The molecule has 2 fully saturated rings. The first-order valence-corrected chi connectivity index (χ1v) is 10.3. The Balaban J connectivity index is 1.56. The second kappa shape index (κ2) is 5.85. The number of aromatic amines is 1. The highest BCUT2D eigenvalue weighted by atomic mass is 16.3. The van der Waals surface area contributed by atoms with Gasteiger partial charge < -0.3 is 20.5 Å². The minimum absolute atomic E-state index is 0.00809. The Morgan fingerprint density at radius 2 is 1.90 bits per heavy atom. The summed E-state index contributed by atoms with van der Waals surface area (Å²) in [6.45, 7) is 1.95.